The topological polar surface area (TPSA) is 49.4 Å². The Balaban J connectivity index is 2.01. The lowest BCUT2D eigenvalue weighted by atomic mass is 9.78. The maximum absolute atomic E-state index is 13.1. The molecule has 1 saturated heterocycles. The molecule has 1 saturated carbocycles. The van der Waals surface area contributed by atoms with Crippen molar-refractivity contribution in [2.75, 3.05) is 4.90 Å². The van der Waals surface area contributed by atoms with E-state index in [9.17, 15) is 9.59 Å². The van der Waals surface area contributed by atoms with Gasteiger partial charge in [-0.05, 0) is 31.4 Å². The molecule has 1 N–H and O–H groups in total. The number of rotatable bonds is 2. The van der Waals surface area contributed by atoms with E-state index >= 15 is 0 Å². The van der Waals surface area contributed by atoms with Gasteiger partial charge in [-0.25, -0.2) is 0 Å². The van der Waals surface area contributed by atoms with Crippen molar-refractivity contribution in [2.24, 2.45) is 0 Å². The molecule has 4 heteroatoms. The molecule has 1 aromatic rings. The Hall–Kier alpha value is -1.84. The van der Waals surface area contributed by atoms with Gasteiger partial charge in [-0.1, -0.05) is 44.4 Å². The predicted molar refractivity (Wildman–Crippen MR) is 82.0 cm³/mol. The summed E-state index contributed by atoms with van der Waals surface area (Å²) in [5.74, 6) is 0.0581. The van der Waals surface area contributed by atoms with Crippen LogP contribution < -0.4 is 10.2 Å². The van der Waals surface area contributed by atoms with Crippen molar-refractivity contribution >= 4 is 17.5 Å². The lowest BCUT2D eigenvalue weighted by molar-refractivity contribution is -0.139. The van der Waals surface area contributed by atoms with Gasteiger partial charge in [-0.2, -0.15) is 0 Å². The minimum atomic E-state index is -0.670. The summed E-state index contributed by atoms with van der Waals surface area (Å²) in [7, 11) is 0. The van der Waals surface area contributed by atoms with E-state index in [1.54, 1.807) is 4.90 Å². The molecular weight excluding hydrogens is 264 g/mol. The summed E-state index contributed by atoms with van der Waals surface area (Å²) in [6.45, 7) is 1.95. The number of nitrogens with one attached hydrogen (secondary N) is 1. The maximum atomic E-state index is 13.1. The van der Waals surface area contributed by atoms with Crippen LogP contribution in [0.1, 0.15) is 45.4 Å². The van der Waals surface area contributed by atoms with Crippen LogP contribution in [0.15, 0.2) is 30.3 Å². The number of piperazine rings is 1. The molecule has 4 nitrogen and oxygen atoms in total. The van der Waals surface area contributed by atoms with E-state index in [1.165, 1.54) is 0 Å². The van der Waals surface area contributed by atoms with Crippen LogP contribution in [-0.2, 0) is 9.59 Å². The van der Waals surface area contributed by atoms with Crippen LogP contribution in [-0.4, -0.2) is 23.4 Å². The van der Waals surface area contributed by atoms with Gasteiger partial charge in [0.2, 0.25) is 5.91 Å². The van der Waals surface area contributed by atoms with Crippen LogP contribution >= 0.6 is 0 Å². The first-order chi connectivity index (χ1) is 10.2. The average Bonchev–Trinajstić information content (AvgIpc) is 2.52. The highest BCUT2D eigenvalue weighted by molar-refractivity contribution is 6.10. The van der Waals surface area contributed by atoms with Gasteiger partial charge in [0, 0.05) is 5.69 Å². The number of hydrogen-bond donors (Lipinski definition) is 1. The monoisotopic (exact) mass is 286 g/mol. The molecule has 0 bridgehead atoms. The van der Waals surface area contributed by atoms with E-state index in [0.29, 0.717) is 6.42 Å². The summed E-state index contributed by atoms with van der Waals surface area (Å²) in [5, 5.41) is 3.05. The molecule has 1 aromatic carbocycles. The van der Waals surface area contributed by atoms with Gasteiger partial charge in [0.25, 0.3) is 5.91 Å². The van der Waals surface area contributed by atoms with E-state index in [1.807, 2.05) is 37.3 Å². The van der Waals surface area contributed by atoms with Crippen LogP contribution in [0.25, 0.3) is 0 Å². The second-order valence-corrected chi connectivity index (χ2v) is 6.07. The lowest BCUT2D eigenvalue weighted by Crippen LogP contribution is -2.71. The van der Waals surface area contributed by atoms with Crippen LogP contribution in [0.4, 0.5) is 5.69 Å². The van der Waals surface area contributed by atoms with Gasteiger partial charge < -0.3 is 5.32 Å². The Morgan fingerprint density at radius 1 is 1.14 bits per heavy atom. The molecule has 1 unspecified atom stereocenters. The van der Waals surface area contributed by atoms with Crippen LogP contribution in [0.2, 0.25) is 0 Å². The standard InChI is InChI=1S/C17H22N2O2/c1-2-14-15(20)18-17(11-7-4-8-12-17)16(21)19(14)13-9-5-3-6-10-13/h3,5-6,9-10,14H,2,4,7-8,11-12H2,1H3,(H,18,20). The normalized spacial score (nSPS) is 25.0. The minimum absolute atomic E-state index is 0.0112. The van der Waals surface area contributed by atoms with Gasteiger partial charge in [-0.3, -0.25) is 14.5 Å². The third-order valence-electron chi connectivity index (χ3n) is 4.73. The van der Waals surface area contributed by atoms with Crippen molar-refractivity contribution < 1.29 is 9.59 Å². The summed E-state index contributed by atoms with van der Waals surface area (Å²) >= 11 is 0. The third kappa shape index (κ3) is 2.33. The lowest BCUT2D eigenvalue weighted by Gasteiger charge is -2.47. The highest BCUT2D eigenvalue weighted by atomic mass is 16.2. The SMILES string of the molecule is CCC1C(=O)NC2(CCCCC2)C(=O)N1c1ccccc1. The molecule has 21 heavy (non-hydrogen) atoms. The number of benzene rings is 1. The first-order valence-corrected chi connectivity index (χ1v) is 7.89. The van der Waals surface area contributed by atoms with Crippen molar-refractivity contribution in [3.63, 3.8) is 0 Å². The summed E-state index contributed by atoms with van der Waals surface area (Å²) in [5.41, 5.74) is 0.158. The summed E-state index contributed by atoms with van der Waals surface area (Å²) in [4.78, 5) is 27.4. The molecule has 1 spiro atoms. The Morgan fingerprint density at radius 3 is 2.43 bits per heavy atom. The van der Waals surface area contributed by atoms with Gasteiger partial charge in [0.05, 0.1) is 0 Å². The Labute approximate surface area is 125 Å². The van der Waals surface area contributed by atoms with Crippen molar-refractivity contribution in [1.82, 2.24) is 5.32 Å². The molecule has 2 amide bonds. The third-order valence-corrected chi connectivity index (χ3v) is 4.73. The summed E-state index contributed by atoms with van der Waals surface area (Å²) in [6.07, 6.45) is 5.31. The Morgan fingerprint density at radius 2 is 1.81 bits per heavy atom. The number of carbonyl (C=O) groups excluding carboxylic acids is 2. The highest BCUT2D eigenvalue weighted by Gasteiger charge is 2.50. The van der Waals surface area contributed by atoms with Crippen molar-refractivity contribution in [1.29, 1.82) is 0 Å². The summed E-state index contributed by atoms with van der Waals surface area (Å²) < 4.78 is 0. The molecule has 1 aliphatic carbocycles. The molecular formula is C17H22N2O2. The number of anilines is 1. The highest BCUT2D eigenvalue weighted by Crippen LogP contribution is 2.35. The number of hydrogen-bond acceptors (Lipinski definition) is 2. The van der Waals surface area contributed by atoms with Crippen LogP contribution in [0, 0.1) is 0 Å². The average molecular weight is 286 g/mol. The zero-order chi connectivity index (χ0) is 14.9. The zero-order valence-electron chi connectivity index (χ0n) is 12.5. The largest absolute Gasteiger partial charge is 0.340 e. The second kappa shape index (κ2) is 5.51. The maximum Gasteiger partial charge on any atom is 0.253 e. The molecule has 2 fully saturated rings. The number of nitrogens with zero attached hydrogens (tertiary/aromatic N) is 1. The van der Waals surface area contributed by atoms with Crippen molar-refractivity contribution in [2.45, 2.75) is 57.0 Å². The second-order valence-electron chi connectivity index (χ2n) is 6.07. The zero-order valence-corrected chi connectivity index (χ0v) is 12.5. The number of para-hydroxylation sites is 1. The van der Waals surface area contributed by atoms with Crippen LogP contribution in [0.3, 0.4) is 0 Å². The van der Waals surface area contributed by atoms with Crippen LogP contribution in [0.5, 0.6) is 0 Å². The molecule has 1 aliphatic heterocycles. The molecule has 112 valence electrons. The quantitative estimate of drug-likeness (QED) is 0.908. The fourth-order valence-electron chi connectivity index (χ4n) is 3.61. The molecule has 1 atom stereocenters. The first-order valence-electron chi connectivity index (χ1n) is 7.89. The van der Waals surface area contributed by atoms with Gasteiger partial charge in [0.15, 0.2) is 0 Å². The van der Waals surface area contributed by atoms with E-state index < -0.39 is 11.6 Å². The van der Waals surface area contributed by atoms with Crippen molar-refractivity contribution in [3.05, 3.63) is 30.3 Å². The molecule has 2 aliphatic rings. The molecule has 0 aromatic heterocycles. The fourth-order valence-corrected chi connectivity index (χ4v) is 3.61. The molecule has 1 heterocycles. The van der Waals surface area contributed by atoms with Gasteiger partial charge in [0.1, 0.15) is 11.6 Å². The van der Waals surface area contributed by atoms with Gasteiger partial charge in [-0.15, -0.1) is 0 Å². The first kappa shape index (κ1) is 14.1. The van der Waals surface area contributed by atoms with Crippen molar-refractivity contribution in [3.8, 4) is 0 Å². The molecule has 3 rings (SSSR count). The van der Waals surface area contributed by atoms with E-state index in [2.05, 4.69) is 5.32 Å². The molecule has 0 radical (unpaired) electrons. The number of amides is 2. The predicted octanol–water partition coefficient (Wildman–Crippen LogP) is 2.63. The minimum Gasteiger partial charge on any atom is -0.340 e. The fraction of sp³-hybridized carbons (Fsp3) is 0.529. The number of carbonyl (C=O) groups is 2. The van der Waals surface area contributed by atoms with Gasteiger partial charge >= 0.3 is 0 Å². The Bertz CT molecular complexity index is 535. The Kier molecular flexibility index (Phi) is 3.70. The van der Waals surface area contributed by atoms with E-state index in [-0.39, 0.29) is 11.8 Å². The summed E-state index contributed by atoms with van der Waals surface area (Å²) in [6, 6.07) is 9.18. The van der Waals surface area contributed by atoms with E-state index in [4.69, 9.17) is 0 Å². The van der Waals surface area contributed by atoms with E-state index in [0.717, 1.165) is 37.8 Å². The smallest absolute Gasteiger partial charge is 0.253 e.